The Bertz CT molecular complexity index is 334. The third kappa shape index (κ3) is 3.43. The maximum atomic E-state index is 10.7. The lowest BCUT2D eigenvalue weighted by Crippen LogP contribution is -2.36. The van der Waals surface area contributed by atoms with Gasteiger partial charge in [-0.25, -0.2) is 0 Å². The maximum absolute atomic E-state index is 10.7. The van der Waals surface area contributed by atoms with Crippen LogP contribution in [0.2, 0.25) is 0 Å². The Kier molecular flexibility index (Phi) is 3.87. The Morgan fingerprint density at radius 3 is 2.87 bits per heavy atom. The second-order valence-corrected chi connectivity index (χ2v) is 2.98. The summed E-state index contributed by atoms with van der Waals surface area (Å²) in [6.45, 7) is 0.175. The van der Waals surface area contributed by atoms with E-state index in [4.69, 9.17) is 10.2 Å². The van der Waals surface area contributed by atoms with E-state index in [2.05, 4.69) is 5.32 Å². The van der Waals surface area contributed by atoms with Crippen LogP contribution in [0, 0.1) is 0 Å². The number of nitrogens with two attached hydrogens (primary N) is 1. The zero-order valence-electron chi connectivity index (χ0n) is 7.97. The normalized spacial score (nSPS) is 12.1. The van der Waals surface area contributed by atoms with Gasteiger partial charge in [0.2, 0.25) is 0 Å². The van der Waals surface area contributed by atoms with Gasteiger partial charge in [0.05, 0.1) is 18.6 Å². The lowest BCUT2D eigenvalue weighted by atomic mass is 10.1. The van der Waals surface area contributed by atoms with Gasteiger partial charge in [0.25, 0.3) is 0 Å². The number of nitrogens with one attached hydrogen (secondary N) is 1. The molecular formula is C9H12N2O4. The molecule has 0 fully saturated rings. The number of amides is 2. The fourth-order valence-corrected chi connectivity index (χ4v) is 1.04. The van der Waals surface area contributed by atoms with Crippen molar-refractivity contribution in [3.8, 4) is 0 Å². The van der Waals surface area contributed by atoms with Crippen LogP contribution in [0.25, 0.3) is 0 Å². The number of hydrogen-bond acceptors (Lipinski definition) is 4. The van der Waals surface area contributed by atoms with E-state index in [9.17, 15) is 14.7 Å². The monoisotopic (exact) mass is 212 g/mol. The van der Waals surface area contributed by atoms with E-state index in [0.717, 1.165) is 0 Å². The fraction of sp³-hybridized carbons (Fsp3) is 0.333. The molecule has 1 aromatic rings. The molecule has 15 heavy (non-hydrogen) atoms. The third-order valence-corrected chi connectivity index (χ3v) is 1.86. The number of aliphatic hydroxyl groups is 1. The van der Waals surface area contributed by atoms with Gasteiger partial charge in [-0.2, -0.15) is 0 Å². The van der Waals surface area contributed by atoms with Crippen molar-refractivity contribution >= 4 is 11.8 Å². The zero-order valence-corrected chi connectivity index (χ0v) is 7.97. The largest absolute Gasteiger partial charge is 0.472 e. The van der Waals surface area contributed by atoms with Crippen LogP contribution in [0.1, 0.15) is 18.1 Å². The average molecular weight is 212 g/mol. The fourth-order valence-electron chi connectivity index (χ4n) is 1.04. The molecule has 6 nitrogen and oxygen atoms in total. The highest BCUT2D eigenvalue weighted by atomic mass is 16.3. The topological polar surface area (TPSA) is 106 Å². The summed E-state index contributed by atoms with van der Waals surface area (Å²) in [4.78, 5) is 21.1. The molecule has 0 bridgehead atoms. The van der Waals surface area contributed by atoms with Crippen molar-refractivity contribution in [2.24, 2.45) is 5.73 Å². The molecule has 0 saturated heterocycles. The SMILES string of the molecule is NC(=O)C(=O)NCCC(O)c1ccoc1. The smallest absolute Gasteiger partial charge is 0.309 e. The van der Waals surface area contributed by atoms with Crippen LogP contribution in [-0.2, 0) is 9.59 Å². The third-order valence-electron chi connectivity index (χ3n) is 1.86. The second kappa shape index (κ2) is 5.16. The molecule has 4 N–H and O–H groups in total. The van der Waals surface area contributed by atoms with Gasteiger partial charge < -0.3 is 20.6 Å². The molecular weight excluding hydrogens is 200 g/mol. The predicted molar refractivity (Wildman–Crippen MR) is 50.5 cm³/mol. The number of carbonyl (C=O) groups is 2. The van der Waals surface area contributed by atoms with E-state index < -0.39 is 17.9 Å². The highest BCUT2D eigenvalue weighted by Crippen LogP contribution is 2.15. The van der Waals surface area contributed by atoms with Crippen molar-refractivity contribution in [2.75, 3.05) is 6.54 Å². The minimum atomic E-state index is -1.03. The van der Waals surface area contributed by atoms with Crippen molar-refractivity contribution in [3.63, 3.8) is 0 Å². The molecule has 6 heteroatoms. The molecule has 0 aliphatic rings. The summed E-state index contributed by atoms with van der Waals surface area (Å²) in [5.74, 6) is -1.89. The molecule has 1 atom stereocenters. The molecule has 0 aliphatic heterocycles. The second-order valence-electron chi connectivity index (χ2n) is 2.98. The molecule has 1 rings (SSSR count). The van der Waals surface area contributed by atoms with E-state index in [0.29, 0.717) is 12.0 Å². The van der Waals surface area contributed by atoms with Crippen molar-refractivity contribution in [3.05, 3.63) is 24.2 Å². The quantitative estimate of drug-likeness (QED) is 0.574. The van der Waals surface area contributed by atoms with Gasteiger partial charge in [0.15, 0.2) is 0 Å². The Balaban J connectivity index is 2.26. The summed E-state index contributed by atoms with van der Waals surface area (Å²) in [6.07, 6.45) is 2.43. The first-order valence-corrected chi connectivity index (χ1v) is 4.39. The van der Waals surface area contributed by atoms with Crippen LogP contribution in [-0.4, -0.2) is 23.5 Å². The molecule has 1 heterocycles. The van der Waals surface area contributed by atoms with Crippen LogP contribution in [0.3, 0.4) is 0 Å². The number of furan rings is 1. The summed E-state index contributed by atoms with van der Waals surface area (Å²) >= 11 is 0. The van der Waals surface area contributed by atoms with Gasteiger partial charge in [-0.15, -0.1) is 0 Å². The van der Waals surface area contributed by atoms with E-state index in [-0.39, 0.29) is 6.54 Å². The molecule has 0 aromatic carbocycles. The van der Waals surface area contributed by atoms with Gasteiger partial charge in [0.1, 0.15) is 0 Å². The summed E-state index contributed by atoms with van der Waals surface area (Å²) in [5, 5.41) is 11.8. The van der Waals surface area contributed by atoms with E-state index in [1.165, 1.54) is 12.5 Å². The molecule has 0 radical (unpaired) electrons. The molecule has 82 valence electrons. The number of aliphatic hydroxyl groups excluding tert-OH is 1. The first kappa shape index (κ1) is 11.3. The number of carbonyl (C=O) groups excluding carboxylic acids is 2. The van der Waals surface area contributed by atoms with Gasteiger partial charge in [-0.3, -0.25) is 9.59 Å². The Morgan fingerprint density at radius 1 is 1.60 bits per heavy atom. The Labute approximate surface area is 86.1 Å². The van der Waals surface area contributed by atoms with Crippen molar-refractivity contribution in [1.82, 2.24) is 5.32 Å². The first-order valence-electron chi connectivity index (χ1n) is 4.39. The highest BCUT2D eigenvalue weighted by molar-refractivity contribution is 6.34. The van der Waals surface area contributed by atoms with Crippen LogP contribution >= 0.6 is 0 Å². The van der Waals surface area contributed by atoms with E-state index in [1.54, 1.807) is 6.07 Å². The van der Waals surface area contributed by atoms with E-state index >= 15 is 0 Å². The highest BCUT2D eigenvalue weighted by Gasteiger charge is 2.11. The van der Waals surface area contributed by atoms with Gasteiger partial charge in [-0.1, -0.05) is 0 Å². The first-order chi connectivity index (χ1) is 7.11. The van der Waals surface area contributed by atoms with Crippen molar-refractivity contribution < 1.29 is 19.1 Å². The molecule has 1 unspecified atom stereocenters. The minimum Gasteiger partial charge on any atom is -0.472 e. The molecule has 2 amide bonds. The number of rotatable bonds is 4. The Hall–Kier alpha value is -1.82. The van der Waals surface area contributed by atoms with Gasteiger partial charge in [-0.05, 0) is 12.5 Å². The molecule has 0 spiro atoms. The zero-order chi connectivity index (χ0) is 11.3. The summed E-state index contributed by atoms with van der Waals surface area (Å²) < 4.78 is 4.78. The molecule has 1 aromatic heterocycles. The predicted octanol–water partition coefficient (Wildman–Crippen LogP) is -0.695. The van der Waals surface area contributed by atoms with Crippen LogP contribution in [0.4, 0.5) is 0 Å². The van der Waals surface area contributed by atoms with Gasteiger partial charge >= 0.3 is 11.8 Å². The molecule has 0 aliphatic carbocycles. The summed E-state index contributed by atoms with van der Waals surface area (Å²) in [6, 6.07) is 1.63. The van der Waals surface area contributed by atoms with Gasteiger partial charge in [0, 0.05) is 12.1 Å². The number of hydrogen-bond donors (Lipinski definition) is 3. The summed E-state index contributed by atoms with van der Waals surface area (Å²) in [5.41, 5.74) is 5.35. The van der Waals surface area contributed by atoms with Crippen molar-refractivity contribution in [2.45, 2.75) is 12.5 Å². The van der Waals surface area contributed by atoms with Crippen molar-refractivity contribution in [1.29, 1.82) is 0 Å². The van der Waals surface area contributed by atoms with Crippen LogP contribution in [0.5, 0.6) is 0 Å². The maximum Gasteiger partial charge on any atom is 0.309 e. The minimum absolute atomic E-state index is 0.175. The number of primary amides is 1. The Morgan fingerprint density at radius 2 is 2.33 bits per heavy atom. The van der Waals surface area contributed by atoms with Crippen LogP contribution in [0.15, 0.2) is 23.0 Å². The van der Waals surface area contributed by atoms with Crippen LogP contribution < -0.4 is 11.1 Å². The van der Waals surface area contributed by atoms with E-state index in [1.807, 2.05) is 0 Å². The molecule has 0 saturated carbocycles. The average Bonchev–Trinajstić information content (AvgIpc) is 2.70. The summed E-state index contributed by atoms with van der Waals surface area (Å²) in [7, 11) is 0. The standard InChI is InChI=1S/C9H12N2O4/c10-8(13)9(14)11-3-1-7(12)6-2-4-15-5-6/h2,4-5,7,12H,1,3H2,(H2,10,13)(H,11,14). The lowest BCUT2D eigenvalue weighted by molar-refractivity contribution is -0.137. The lowest BCUT2D eigenvalue weighted by Gasteiger charge is -2.07.